The van der Waals surface area contributed by atoms with Crippen LogP contribution in [0.5, 0.6) is 11.5 Å². The van der Waals surface area contributed by atoms with Crippen LogP contribution in [0.3, 0.4) is 0 Å². The fourth-order valence-electron chi connectivity index (χ4n) is 2.66. The second-order valence-corrected chi connectivity index (χ2v) is 6.92. The Morgan fingerprint density at radius 2 is 1.90 bits per heavy atom. The van der Waals surface area contributed by atoms with E-state index in [1.807, 2.05) is 24.3 Å². The predicted molar refractivity (Wildman–Crippen MR) is 111 cm³/mol. The molecule has 2 aromatic carbocycles. The molecular weight excluding hydrogens is 440 g/mol. The lowest BCUT2D eigenvalue weighted by molar-refractivity contribution is -0.145. The second-order valence-electron chi connectivity index (χ2n) is 6.01. The largest absolute Gasteiger partial charge is 0.493 e. The minimum Gasteiger partial charge on any atom is -0.493 e. The van der Waals surface area contributed by atoms with Gasteiger partial charge in [-0.3, -0.25) is 0 Å². The highest BCUT2D eigenvalue weighted by Gasteiger charge is 2.22. The Kier molecular flexibility index (Phi) is 6.72. The predicted octanol–water partition coefficient (Wildman–Crippen LogP) is 4.38. The van der Waals surface area contributed by atoms with Crippen molar-refractivity contribution in [3.05, 3.63) is 69.7 Å². The summed E-state index contributed by atoms with van der Waals surface area (Å²) in [4.78, 5) is 23.7. The van der Waals surface area contributed by atoms with E-state index < -0.39 is 11.9 Å². The van der Waals surface area contributed by atoms with Crippen molar-refractivity contribution < 1.29 is 28.5 Å². The van der Waals surface area contributed by atoms with Gasteiger partial charge >= 0.3 is 11.9 Å². The van der Waals surface area contributed by atoms with Crippen molar-refractivity contribution in [2.45, 2.75) is 6.92 Å². The first kappa shape index (κ1) is 20.7. The molecule has 1 aliphatic rings. The van der Waals surface area contributed by atoms with Crippen LogP contribution in [0.15, 0.2) is 58.6 Å². The number of carbonyl (C=O) groups is 2. The number of ether oxygens (including phenoxy) is 4. The van der Waals surface area contributed by atoms with Crippen molar-refractivity contribution >= 4 is 39.7 Å². The maximum Gasteiger partial charge on any atom is 0.344 e. The smallest absolute Gasteiger partial charge is 0.344 e. The number of benzene rings is 2. The summed E-state index contributed by atoms with van der Waals surface area (Å²) < 4.78 is 21.9. The highest BCUT2D eigenvalue weighted by molar-refractivity contribution is 9.10. The number of hydrogen-bond acceptors (Lipinski definition) is 6. The molecule has 0 atom stereocenters. The number of rotatable bonds is 7. The molecule has 29 heavy (non-hydrogen) atoms. The number of cyclic esters (lactones) is 1. The van der Waals surface area contributed by atoms with Gasteiger partial charge in [-0.1, -0.05) is 34.1 Å². The highest BCUT2D eigenvalue weighted by atomic mass is 79.9. The van der Waals surface area contributed by atoms with Gasteiger partial charge in [0.1, 0.15) is 5.76 Å². The zero-order valence-corrected chi connectivity index (χ0v) is 17.5. The molecule has 1 aliphatic heterocycles. The van der Waals surface area contributed by atoms with E-state index in [9.17, 15) is 9.59 Å². The molecule has 6 nitrogen and oxygen atoms in total. The van der Waals surface area contributed by atoms with Gasteiger partial charge in [0.25, 0.3) is 0 Å². The molecule has 0 radical (unpaired) electrons. The molecule has 2 aromatic rings. The Hall–Kier alpha value is -3.06. The van der Waals surface area contributed by atoms with E-state index in [1.165, 1.54) is 7.11 Å². The first-order valence-corrected chi connectivity index (χ1v) is 9.67. The molecule has 0 N–H and O–H groups in total. The molecule has 1 heterocycles. The van der Waals surface area contributed by atoms with Crippen LogP contribution >= 0.6 is 15.9 Å². The first-order chi connectivity index (χ1) is 14.0. The lowest BCUT2D eigenvalue weighted by atomic mass is 10.1. The molecule has 7 heteroatoms. The van der Waals surface area contributed by atoms with Gasteiger partial charge < -0.3 is 18.9 Å². The number of esters is 2. The van der Waals surface area contributed by atoms with Crippen LogP contribution in [0.1, 0.15) is 18.1 Å². The van der Waals surface area contributed by atoms with Gasteiger partial charge in [-0.25, -0.2) is 9.59 Å². The van der Waals surface area contributed by atoms with Crippen LogP contribution in [0, 0.1) is 0 Å². The molecule has 0 bridgehead atoms. The van der Waals surface area contributed by atoms with E-state index in [2.05, 4.69) is 15.9 Å². The van der Waals surface area contributed by atoms with E-state index in [0.717, 1.165) is 15.6 Å². The van der Waals surface area contributed by atoms with Crippen molar-refractivity contribution in [1.82, 2.24) is 0 Å². The van der Waals surface area contributed by atoms with E-state index in [0.29, 0.717) is 22.8 Å². The number of halogens is 1. The van der Waals surface area contributed by atoms with Gasteiger partial charge in [0.2, 0.25) is 0 Å². The Labute approximate surface area is 176 Å². The maximum atomic E-state index is 12.2. The van der Waals surface area contributed by atoms with E-state index in [1.54, 1.807) is 37.3 Å². The molecule has 0 saturated heterocycles. The summed E-state index contributed by atoms with van der Waals surface area (Å²) in [6.07, 6.45) is 3.40. The third-order valence-electron chi connectivity index (χ3n) is 4.01. The van der Waals surface area contributed by atoms with Crippen molar-refractivity contribution in [2.24, 2.45) is 0 Å². The summed E-state index contributed by atoms with van der Waals surface area (Å²) in [6, 6.07) is 12.6. The number of hydrogen-bond donors (Lipinski definition) is 0. The lowest BCUT2D eigenvalue weighted by Crippen LogP contribution is -2.14. The van der Waals surface area contributed by atoms with Gasteiger partial charge in [-0.15, -0.1) is 0 Å². The third kappa shape index (κ3) is 5.26. The van der Waals surface area contributed by atoms with E-state index in [-0.39, 0.29) is 13.2 Å². The van der Waals surface area contributed by atoms with Crippen LogP contribution in [0.4, 0.5) is 0 Å². The van der Waals surface area contributed by atoms with Crippen LogP contribution in [0.2, 0.25) is 0 Å². The summed E-state index contributed by atoms with van der Waals surface area (Å²) in [7, 11) is 1.50. The molecule has 0 unspecified atom stereocenters. The second kappa shape index (κ2) is 9.43. The Balaban J connectivity index is 1.79. The minimum absolute atomic E-state index is 0.212. The maximum absolute atomic E-state index is 12.2. The summed E-state index contributed by atoms with van der Waals surface area (Å²) in [5, 5.41) is 0. The van der Waals surface area contributed by atoms with Crippen LogP contribution < -0.4 is 9.47 Å². The molecule has 3 rings (SSSR count). The Morgan fingerprint density at radius 1 is 1.14 bits per heavy atom. The summed E-state index contributed by atoms with van der Waals surface area (Å²) >= 11 is 3.38. The minimum atomic E-state index is -0.458. The average molecular weight is 459 g/mol. The molecule has 0 amide bonds. The topological polar surface area (TPSA) is 71.1 Å². The zero-order chi connectivity index (χ0) is 20.8. The SMILES string of the molecule is CCOC(=O)COc1ccc(/C=C2/C=C(c3ccc(Br)cc3)OC2=O)cc1OC. The van der Waals surface area contributed by atoms with Crippen LogP contribution in [-0.2, 0) is 19.1 Å². The summed E-state index contributed by atoms with van der Waals surface area (Å²) in [6.45, 7) is 1.80. The normalized spacial score (nSPS) is 14.4. The van der Waals surface area contributed by atoms with Crippen molar-refractivity contribution in [3.8, 4) is 11.5 Å². The van der Waals surface area contributed by atoms with Gasteiger partial charge in [-0.05, 0) is 48.9 Å². The monoisotopic (exact) mass is 458 g/mol. The fraction of sp³-hybridized carbons (Fsp3) is 0.182. The number of carbonyl (C=O) groups excluding carboxylic acids is 2. The molecule has 0 aliphatic carbocycles. The van der Waals surface area contributed by atoms with E-state index >= 15 is 0 Å². The fourth-order valence-corrected chi connectivity index (χ4v) is 2.92. The molecule has 0 fully saturated rings. The van der Waals surface area contributed by atoms with Crippen molar-refractivity contribution in [2.75, 3.05) is 20.3 Å². The average Bonchev–Trinajstić information content (AvgIpc) is 3.08. The van der Waals surface area contributed by atoms with Crippen LogP contribution in [0.25, 0.3) is 11.8 Å². The van der Waals surface area contributed by atoms with Crippen molar-refractivity contribution in [1.29, 1.82) is 0 Å². The number of methoxy groups -OCH3 is 1. The molecule has 0 spiro atoms. The van der Waals surface area contributed by atoms with Crippen LogP contribution in [-0.4, -0.2) is 32.3 Å². The highest BCUT2D eigenvalue weighted by Crippen LogP contribution is 2.31. The molecule has 0 saturated carbocycles. The van der Waals surface area contributed by atoms with Gasteiger partial charge in [0.15, 0.2) is 18.1 Å². The lowest BCUT2D eigenvalue weighted by Gasteiger charge is -2.11. The zero-order valence-electron chi connectivity index (χ0n) is 15.9. The molecular formula is C22H19BrO6. The Morgan fingerprint density at radius 3 is 2.59 bits per heavy atom. The summed E-state index contributed by atoms with van der Waals surface area (Å²) in [5.74, 6) is 0.453. The standard InChI is InChI=1S/C22H19BrO6/c1-3-27-21(24)13-28-18-9-4-14(11-20(18)26-2)10-16-12-19(29-22(16)25)15-5-7-17(23)8-6-15/h4-12H,3,13H2,1-2H3/b16-10-. The van der Waals surface area contributed by atoms with Gasteiger partial charge in [0, 0.05) is 10.0 Å². The van der Waals surface area contributed by atoms with Gasteiger partial charge in [-0.2, -0.15) is 0 Å². The summed E-state index contributed by atoms with van der Waals surface area (Å²) in [5.41, 5.74) is 1.96. The third-order valence-corrected chi connectivity index (χ3v) is 4.54. The first-order valence-electron chi connectivity index (χ1n) is 8.88. The molecule has 0 aromatic heterocycles. The van der Waals surface area contributed by atoms with Gasteiger partial charge in [0.05, 0.1) is 19.3 Å². The van der Waals surface area contributed by atoms with Crippen molar-refractivity contribution in [3.63, 3.8) is 0 Å². The quantitative estimate of drug-likeness (QED) is 0.452. The molecule has 150 valence electrons. The Bertz CT molecular complexity index is 975. The van der Waals surface area contributed by atoms with E-state index in [4.69, 9.17) is 18.9 Å².